The number of benzene rings is 1. The van der Waals surface area contributed by atoms with Gasteiger partial charge in [0.05, 0.1) is 0 Å². The number of nitrogens with two attached hydrogens (primary N) is 2. The molecule has 1 aromatic carbocycles. The summed E-state index contributed by atoms with van der Waals surface area (Å²) in [6.45, 7) is 0.675. The van der Waals surface area contributed by atoms with Crippen LogP contribution < -0.4 is 11.5 Å². The molecule has 0 fully saturated rings. The quantitative estimate of drug-likeness (QED) is 0.771. The Kier molecular flexibility index (Phi) is 6.59. The Hall–Kier alpha value is -0.570. The van der Waals surface area contributed by atoms with Gasteiger partial charge in [0.15, 0.2) is 0 Å². The fraction of sp³-hybridized carbons (Fsp3) is 0.400. The first-order valence-electron chi connectivity index (χ1n) is 4.32. The van der Waals surface area contributed by atoms with Gasteiger partial charge in [0.25, 0.3) is 0 Å². The highest BCUT2D eigenvalue weighted by Gasteiger charge is 2.01. The third-order valence-corrected chi connectivity index (χ3v) is 1.88. The van der Waals surface area contributed by atoms with Gasteiger partial charge >= 0.3 is 0 Å². The van der Waals surface area contributed by atoms with E-state index in [1.807, 2.05) is 18.2 Å². The van der Waals surface area contributed by atoms with Gasteiger partial charge in [-0.25, -0.2) is 0 Å². The van der Waals surface area contributed by atoms with E-state index in [9.17, 15) is 0 Å². The Morgan fingerprint density at radius 2 is 1.77 bits per heavy atom. The summed E-state index contributed by atoms with van der Waals surface area (Å²) in [6.07, 6.45) is 1.83. The first-order valence-corrected chi connectivity index (χ1v) is 4.32. The molecule has 1 aromatic rings. The fourth-order valence-corrected chi connectivity index (χ4v) is 1.23. The van der Waals surface area contributed by atoms with Gasteiger partial charge < -0.3 is 11.5 Å². The molecule has 0 bridgehead atoms. The molecule has 0 amide bonds. The zero-order valence-corrected chi connectivity index (χ0v) is 8.46. The molecule has 1 rings (SSSR count). The summed E-state index contributed by atoms with van der Waals surface area (Å²) in [7, 11) is 0. The minimum absolute atomic E-state index is 0. The summed E-state index contributed by atoms with van der Waals surface area (Å²) in [5, 5.41) is 0. The van der Waals surface area contributed by atoms with Crippen LogP contribution in [0.5, 0.6) is 0 Å². The number of rotatable bonds is 4. The van der Waals surface area contributed by atoms with E-state index in [1.165, 1.54) is 5.56 Å². The van der Waals surface area contributed by atoms with Crippen molar-refractivity contribution in [3.05, 3.63) is 35.9 Å². The highest BCUT2D eigenvalue weighted by molar-refractivity contribution is 5.85. The molecule has 74 valence electrons. The third kappa shape index (κ3) is 4.88. The van der Waals surface area contributed by atoms with Crippen LogP contribution in [-0.2, 0) is 6.42 Å². The highest BCUT2D eigenvalue weighted by Crippen LogP contribution is 2.02. The van der Waals surface area contributed by atoms with Crippen LogP contribution in [0.25, 0.3) is 0 Å². The van der Waals surface area contributed by atoms with Crippen LogP contribution in [0.2, 0.25) is 0 Å². The van der Waals surface area contributed by atoms with Gasteiger partial charge in [-0.15, -0.1) is 12.4 Å². The number of halogens is 1. The van der Waals surface area contributed by atoms with E-state index in [0.29, 0.717) is 6.54 Å². The molecule has 4 N–H and O–H groups in total. The van der Waals surface area contributed by atoms with Crippen LogP contribution in [0.1, 0.15) is 12.0 Å². The average molecular weight is 201 g/mol. The predicted molar refractivity (Wildman–Crippen MR) is 59.0 cm³/mol. The highest BCUT2D eigenvalue weighted by atomic mass is 35.5. The minimum Gasteiger partial charge on any atom is -0.330 e. The molecule has 0 saturated carbocycles. The van der Waals surface area contributed by atoms with E-state index in [4.69, 9.17) is 11.5 Å². The zero-order chi connectivity index (χ0) is 8.81. The van der Waals surface area contributed by atoms with Crippen LogP contribution in [0.4, 0.5) is 0 Å². The lowest BCUT2D eigenvalue weighted by molar-refractivity contribution is 0.619. The Morgan fingerprint density at radius 3 is 2.31 bits per heavy atom. The van der Waals surface area contributed by atoms with Gasteiger partial charge in [0.2, 0.25) is 0 Å². The topological polar surface area (TPSA) is 52.0 Å². The van der Waals surface area contributed by atoms with Gasteiger partial charge in [-0.05, 0) is 24.9 Å². The predicted octanol–water partition coefficient (Wildman–Crippen LogP) is 1.33. The van der Waals surface area contributed by atoms with Crippen LogP contribution in [0.3, 0.4) is 0 Å². The maximum atomic E-state index is 5.84. The molecule has 1 atom stereocenters. The van der Waals surface area contributed by atoms with Crippen LogP contribution in [0.15, 0.2) is 30.3 Å². The minimum atomic E-state index is 0. The molecule has 3 heteroatoms. The molecule has 0 aliphatic carbocycles. The summed E-state index contributed by atoms with van der Waals surface area (Å²) in [5.41, 5.74) is 12.5. The molecule has 0 aromatic heterocycles. The summed E-state index contributed by atoms with van der Waals surface area (Å²) < 4.78 is 0. The van der Waals surface area contributed by atoms with E-state index in [2.05, 4.69) is 12.1 Å². The van der Waals surface area contributed by atoms with Gasteiger partial charge in [-0.2, -0.15) is 0 Å². The smallest absolute Gasteiger partial charge is 0.00913 e. The Morgan fingerprint density at radius 1 is 1.15 bits per heavy atom. The lowest BCUT2D eigenvalue weighted by Gasteiger charge is -2.09. The Bertz CT molecular complexity index is 213. The van der Waals surface area contributed by atoms with E-state index in [0.717, 1.165) is 12.8 Å². The lowest BCUT2D eigenvalue weighted by atomic mass is 10.0. The van der Waals surface area contributed by atoms with Crippen molar-refractivity contribution in [2.45, 2.75) is 18.9 Å². The van der Waals surface area contributed by atoms with E-state index in [1.54, 1.807) is 0 Å². The molecule has 0 unspecified atom stereocenters. The standard InChI is InChI=1S/C10H16N2.ClH/c11-7-6-10(12)8-9-4-2-1-3-5-9;/h1-5,10H,6-8,11-12H2;1H/t10-;/m0./s1. The first-order chi connectivity index (χ1) is 5.83. The SMILES string of the molecule is Cl.NCC[C@H](N)Cc1ccccc1. The molecular weight excluding hydrogens is 184 g/mol. The molecule has 0 aliphatic heterocycles. The summed E-state index contributed by atoms with van der Waals surface area (Å²) in [5.74, 6) is 0. The molecular formula is C10H17ClN2. The third-order valence-electron chi connectivity index (χ3n) is 1.88. The molecule has 0 heterocycles. The monoisotopic (exact) mass is 200 g/mol. The largest absolute Gasteiger partial charge is 0.330 e. The molecule has 0 saturated heterocycles. The van der Waals surface area contributed by atoms with Gasteiger partial charge in [0, 0.05) is 6.04 Å². The molecule has 13 heavy (non-hydrogen) atoms. The maximum absolute atomic E-state index is 5.84. The molecule has 0 aliphatic rings. The summed E-state index contributed by atoms with van der Waals surface area (Å²) >= 11 is 0. The van der Waals surface area contributed by atoms with E-state index in [-0.39, 0.29) is 18.4 Å². The van der Waals surface area contributed by atoms with Crippen molar-refractivity contribution in [2.75, 3.05) is 6.54 Å². The second kappa shape index (κ2) is 6.89. The fourth-order valence-electron chi connectivity index (χ4n) is 1.23. The average Bonchev–Trinajstić information content (AvgIpc) is 2.06. The Balaban J connectivity index is 0.00000144. The van der Waals surface area contributed by atoms with Crippen molar-refractivity contribution in [1.29, 1.82) is 0 Å². The second-order valence-electron chi connectivity index (χ2n) is 3.03. The van der Waals surface area contributed by atoms with Crippen molar-refractivity contribution < 1.29 is 0 Å². The van der Waals surface area contributed by atoms with Crippen molar-refractivity contribution >= 4 is 12.4 Å². The summed E-state index contributed by atoms with van der Waals surface area (Å²) in [6, 6.07) is 10.5. The van der Waals surface area contributed by atoms with E-state index >= 15 is 0 Å². The van der Waals surface area contributed by atoms with Crippen molar-refractivity contribution in [2.24, 2.45) is 11.5 Å². The second-order valence-corrected chi connectivity index (χ2v) is 3.03. The Labute approximate surface area is 85.7 Å². The molecule has 0 spiro atoms. The number of hydrogen-bond donors (Lipinski definition) is 2. The zero-order valence-electron chi connectivity index (χ0n) is 7.65. The van der Waals surface area contributed by atoms with Crippen LogP contribution in [-0.4, -0.2) is 12.6 Å². The number of hydrogen-bond acceptors (Lipinski definition) is 2. The van der Waals surface area contributed by atoms with Gasteiger partial charge in [0.1, 0.15) is 0 Å². The van der Waals surface area contributed by atoms with Gasteiger partial charge in [-0.1, -0.05) is 30.3 Å². The normalized spacial score (nSPS) is 11.8. The molecule has 0 radical (unpaired) electrons. The van der Waals surface area contributed by atoms with Crippen molar-refractivity contribution in [3.63, 3.8) is 0 Å². The van der Waals surface area contributed by atoms with Crippen molar-refractivity contribution in [3.8, 4) is 0 Å². The summed E-state index contributed by atoms with van der Waals surface area (Å²) in [4.78, 5) is 0. The van der Waals surface area contributed by atoms with Gasteiger partial charge in [-0.3, -0.25) is 0 Å². The van der Waals surface area contributed by atoms with Crippen LogP contribution >= 0.6 is 12.4 Å². The lowest BCUT2D eigenvalue weighted by Crippen LogP contribution is -2.25. The molecule has 2 nitrogen and oxygen atoms in total. The van der Waals surface area contributed by atoms with Crippen LogP contribution in [0, 0.1) is 0 Å². The first kappa shape index (κ1) is 12.4. The maximum Gasteiger partial charge on any atom is 0.00913 e. The van der Waals surface area contributed by atoms with Crippen molar-refractivity contribution in [1.82, 2.24) is 0 Å². The van der Waals surface area contributed by atoms with E-state index < -0.39 is 0 Å².